The molecule has 0 fully saturated rings. The number of aliphatic hydroxyl groups is 1. The van der Waals surface area contributed by atoms with Gasteiger partial charge < -0.3 is 10.4 Å². The van der Waals surface area contributed by atoms with Crippen molar-refractivity contribution in [1.82, 2.24) is 5.32 Å². The van der Waals surface area contributed by atoms with Crippen molar-refractivity contribution in [3.05, 3.63) is 81.9 Å². The first-order valence-corrected chi connectivity index (χ1v) is 7.99. The van der Waals surface area contributed by atoms with Crippen LogP contribution in [0.15, 0.2) is 60.7 Å². The number of nitro groups is 1. The van der Waals surface area contributed by atoms with Gasteiger partial charge in [-0.05, 0) is 42.2 Å². The molecule has 1 atom stereocenters. The largest absolute Gasteiger partial charge is 0.396 e. The summed E-state index contributed by atoms with van der Waals surface area (Å²) in [5, 5.41) is 22.6. The van der Waals surface area contributed by atoms with E-state index in [1.165, 1.54) is 18.2 Å². The number of carbonyl (C=O) groups is 1. The molecule has 0 aliphatic rings. The maximum atomic E-state index is 12.2. The highest BCUT2D eigenvalue weighted by Gasteiger charge is 2.12. The second-order valence-electron chi connectivity index (χ2n) is 5.52. The molecule has 0 saturated heterocycles. The van der Waals surface area contributed by atoms with Crippen molar-refractivity contribution in [2.24, 2.45) is 0 Å². The number of non-ortho nitro benzene ring substituents is 1. The molecule has 2 aromatic rings. The van der Waals surface area contributed by atoms with Crippen molar-refractivity contribution in [3.63, 3.8) is 0 Å². The monoisotopic (exact) mass is 340 g/mol. The van der Waals surface area contributed by atoms with Crippen LogP contribution in [0.5, 0.6) is 0 Å². The van der Waals surface area contributed by atoms with Gasteiger partial charge in [0.1, 0.15) is 0 Å². The molecule has 0 aliphatic heterocycles. The lowest BCUT2D eigenvalue weighted by atomic mass is 10.0. The number of hydrogen-bond acceptors (Lipinski definition) is 4. The molecule has 2 N–H and O–H groups in total. The predicted octanol–water partition coefficient (Wildman–Crippen LogP) is 3.24. The summed E-state index contributed by atoms with van der Waals surface area (Å²) in [4.78, 5) is 22.3. The lowest BCUT2D eigenvalue weighted by Crippen LogP contribution is -2.27. The van der Waals surface area contributed by atoms with Crippen molar-refractivity contribution in [1.29, 1.82) is 0 Å². The van der Waals surface area contributed by atoms with Crippen molar-refractivity contribution in [2.45, 2.75) is 18.9 Å². The molecule has 6 heteroatoms. The van der Waals surface area contributed by atoms with Crippen LogP contribution in [0, 0.1) is 10.1 Å². The van der Waals surface area contributed by atoms with Crippen LogP contribution >= 0.6 is 0 Å². The molecule has 2 aromatic carbocycles. The van der Waals surface area contributed by atoms with E-state index in [0.717, 1.165) is 5.56 Å². The first kappa shape index (κ1) is 18.4. The van der Waals surface area contributed by atoms with Gasteiger partial charge in [0.25, 0.3) is 5.69 Å². The molecule has 0 aromatic heterocycles. The molecule has 130 valence electrons. The van der Waals surface area contributed by atoms with E-state index in [0.29, 0.717) is 18.4 Å². The molecule has 0 heterocycles. The van der Waals surface area contributed by atoms with Gasteiger partial charge in [0, 0.05) is 24.8 Å². The van der Waals surface area contributed by atoms with Gasteiger partial charge >= 0.3 is 0 Å². The number of aliphatic hydroxyl groups excluding tert-OH is 1. The van der Waals surface area contributed by atoms with E-state index in [9.17, 15) is 14.9 Å². The highest BCUT2D eigenvalue weighted by atomic mass is 16.6. The third-order valence-electron chi connectivity index (χ3n) is 3.70. The highest BCUT2D eigenvalue weighted by molar-refractivity contribution is 5.92. The summed E-state index contributed by atoms with van der Waals surface area (Å²) in [6.07, 6.45) is 4.23. The minimum atomic E-state index is -0.466. The highest BCUT2D eigenvalue weighted by Crippen LogP contribution is 2.18. The molecular weight excluding hydrogens is 320 g/mol. The fraction of sp³-hybridized carbons (Fsp3) is 0.211. The number of carbonyl (C=O) groups excluding carboxylic acids is 1. The fourth-order valence-corrected chi connectivity index (χ4v) is 2.40. The maximum Gasteiger partial charge on any atom is 0.269 e. The lowest BCUT2D eigenvalue weighted by molar-refractivity contribution is -0.384. The zero-order valence-electron chi connectivity index (χ0n) is 13.7. The number of nitrogens with zero attached hydrogens (tertiary/aromatic N) is 1. The van der Waals surface area contributed by atoms with E-state index in [2.05, 4.69) is 5.32 Å². The average molecular weight is 340 g/mol. The summed E-state index contributed by atoms with van der Waals surface area (Å²) < 4.78 is 0. The first-order chi connectivity index (χ1) is 12.1. The van der Waals surface area contributed by atoms with Crippen LogP contribution in [0.3, 0.4) is 0 Å². The topological polar surface area (TPSA) is 92.5 Å². The van der Waals surface area contributed by atoms with Crippen LogP contribution in [0.25, 0.3) is 6.08 Å². The van der Waals surface area contributed by atoms with Gasteiger partial charge in [0.2, 0.25) is 5.91 Å². The Bertz CT molecular complexity index is 727. The van der Waals surface area contributed by atoms with Crippen LogP contribution in [-0.4, -0.2) is 22.5 Å². The van der Waals surface area contributed by atoms with E-state index >= 15 is 0 Å². The Labute approximate surface area is 146 Å². The Hall–Kier alpha value is -2.99. The summed E-state index contributed by atoms with van der Waals surface area (Å²) in [7, 11) is 0. The number of hydrogen-bond donors (Lipinski definition) is 2. The molecule has 0 aliphatic carbocycles. The molecule has 6 nitrogen and oxygen atoms in total. The Morgan fingerprint density at radius 1 is 1.16 bits per heavy atom. The summed E-state index contributed by atoms with van der Waals surface area (Å²) in [5.41, 5.74) is 1.69. The minimum Gasteiger partial charge on any atom is -0.396 e. The molecule has 0 radical (unpaired) electrons. The number of benzene rings is 2. The summed E-state index contributed by atoms with van der Waals surface area (Å²) in [6, 6.07) is 15.4. The molecule has 1 unspecified atom stereocenters. The van der Waals surface area contributed by atoms with E-state index in [-0.39, 0.29) is 24.2 Å². The molecule has 2 rings (SSSR count). The van der Waals surface area contributed by atoms with Crippen molar-refractivity contribution < 1.29 is 14.8 Å². The fourth-order valence-electron chi connectivity index (χ4n) is 2.40. The number of amides is 1. The van der Waals surface area contributed by atoms with Gasteiger partial charge in [-0.15, -0.1) is 0 Å². The van der Waals surface area contributed by atoms with E-state index < -0.39 is 4.92 Å². The van der Waals surface area contributed by atoms with Crippen LogP contribution in [-0.2, 0) is 4.79 Å². The number of rotatable bonds is 8. The van der Waals surface area contributed by atoms with Gasteiger partial charge in [-0.2, -0.15) is 0 Å². The van der Waals surface area contributed by atoms with Gasteiger partial charge in [-0.3, -0.25) is 14.9 Å². The Morgan fingerprint density at radius 3 is 2.44 bits per heavy atom. The normalized spacial score (nSPS) is 12.0. The Balaban J connectivity index is 2.01. The molecular formula is C19H20N2O4. The van der Waals surface area contributed by atoms with Crippen molar-refractivity contribution in [3.8, 4) is 0 Å². The van der Waals surface area contributed by atoms with Crippen LogP contribution in [0.2, 0.25) is 0 Å². The standard InChI is InChI=1S/C19H20N2O4/c22-14-4-7-18(16-5-2-1-3-6-16)20-19(23)13-10-15-8-11-17(12-9-15)21(24)25/h1-3,5-6,8-13,18,22H,4,7,14H2,(H,20,23)/b13-10+. The summed E-state index contributed by atoms with van der Waals surface area (Å²) in [6.45, 7) is 0.0673. The number of nitrogens with one attached hydrogen (secondary N) is 1. The van der Waals surface area contributed by atoms with E-state index in [1.807, 2.05) is 30.3 Å². The smallest absolute Gasteiger partial charge is 0.269 e. The van der Waals surface area contributed by atoms with Gasteiger partial charge in [0.15, 0.2) is 0 Å². The second-order valence-corrected chi connectivity index (χ2v) is 5.52. The average Bonchev–Trinajstić information content (AvgIpc) is 2.64. The number of nitro benzene ring substituents is 1. The van der Waals surface area contributed by atoms with Crippen LogP contribution in [0.4, 0.5) is 5.69 Å². The molecule has 0 saturated carbocycles. The minimum absolute atomic E-state index is 0.00902. The quantitative estimate of drug-likeness (QED) is 0.438. The molecule has 1 amide bonds. The maximum absolute atomic E-state index is 12.2. The van der Waals surface area contributed by atoms with Gasteiger partial charge in [-0.1, -0.05) is 30.3 Å². The molecule has 0 spiro atoms. The Morgan fingerprint density at radius 2 is 1.84 bits per heavy atom. The predicted molar refractivity (Wildman–Crippen MR) is 95.8 cm³/mol. The van der Waals surface area contributed by atoms with E-state index in [4.69, 9.17) is 5.11 Å². The zero-order chi connectivity index (χ0) is 18.1. The third kappa shape index (κ3) is 5.86. The summed E-state index contributed by atoms with van der Waals surface area (Å²) >= 11 is 0. The van der Waals surface area contributed by atoms with Gasteiger partial charge in [0.05, 0.1) is 11.0 Å². The first-order valence-electron chi connectivity index (χ1n) is 7.99. The van der Waals surface area contributed by atoms with Crippen molar-refractivity contribution in [2.75, 3.05) is 6.61 Å². The SMILES string of the molecule is O=C(/C=C/c1ccc([N+](=O)[O-])cc1)NC(CCCO)c1ccccc1. The van der Waals surface area contributed by atoms with Crippen LogP contribution in [0.1, 0.15) is 30.0 Å². The molecule has 0 bridgehead atoms. The third-order valence-corrected chi connectivity index (χ3v) is 3.70. The second kappa shape index (κ2) is 9.34. The van der Waals surface area contributed by atoms with Gasteiger partial charge in [-0.25, -0.2) is 0 Å². The summed E-state index contributed by atoms with van der Waals surface area (Å²) in [5.74, 6) is -0.259. The lowest BCUT2D eigenvalue weighted by Gasteiger charge is -2.18. The zero-order valence-corrected chi connectivity index (χ0v) is 13.7. The van der Waals surface area contributed by atoms with E-state index in [1.54, 1.807) is 18.2 Å². The van der Waals surface area contributed by atoms with Crippen molar-refractivity contribution >= 4 is 17.7 Å². The molecule has 25 heavy (non-hydrogen) atoms. The van der Waals surface area contributed by atoms with Crippen LogP contribution < -0.4 is 5.32 Å². The Kier molecular flexibility index (Phi) is 6.86.